The van der Waals surface area contributed by atoms with Gasteiger partial charge in [0.15, 0.2) is 0 Å². The third-order valence-corrected chi connectivity index (χ3v) is 3.99. The first-order valence-corrected chi connectivity index (χ1v) is 7.21. The molecule has 1 saturated heterocycles. The number of piperidine rings is 1. The number of rotatable bonds is 3. The number of nitrogens with one attached hydrogen (secondary N) is 1. The maximum absolute atomic E-state index is 4.46. The van der Waals surface area contributed by atoms with Gasteiger partial charge in [-0.15, -0.1) is 0 Å². The first-order valence-electron chi connectivity index (χ1n) is 7.21. The molecule has 0 amide bonds. The van der Waals surface area contributed by atoms with Crippen LogP contribution >= 0.6 is 0 Å². The zero-order chi connectivity index (χ0) is 13.1. The van der Waals surface area contributed by atoms with E-state index >= 15 is 0 Å². The lowest BCUT2D eigenvalue weighted by Gasteiger charge is -2.36. The van der Waals surface area contributed by atoms with Crippen molar-refractivity contribution in [2.24, 2.45) is 0 Å². The molecular weight excluding hydrogens is 234 g/mol. The Morgan fingerprint density at radius 3 is 3.00 bits per heavy atom. The molecule has 0 spiro atoms. The molecule has 0 bridgehead atoms. The smallest absolute Gasteiger partial charge is 0.0722 e. The van der Waals surface area contributed by atoms with E-state index in [-0.39, 0.29) is 0 Å². The van der Waals surface area contributed by atoms with Crippen LogP contribution < -0.4 is 10.2 Å². The average Bonchev–Trinajstić information content (AvgIpc) is 2.49. The predicted octanol–water partition coefficient (Wildman–Crippen LogP) is 2.81. The molecule has 1 aliphatic heterocycles. The number of hydrogen-bond donors (Lipinski definition) is 1. The Labute approximate surface area is 114 Å². The number of anilines is 1. The van der Waals surface area contributed by atoms with Crippen LogP contribution in [0.25, 0.3) is 10.9 Å². The van der Waals surface area contributed by atoms with Gasteiger partial charge in [0.05, 0.1) is 5.52 Å². The lowest BCUT2D eigenvalue weighted by atomic mass is 10.0. The summed E-state index contributed by atoms with van der Waals surface area (Å²) in [5.41, 5.74) is 2.41. The summed E-state index contributed by atoms with van der Waals surface area (Å²) in [6.07, 6.45) is 4.47. The Morgan fingerprint density at radius 1 is 1.32 bits per heavy atom. The van der Waals surface area contributed by atoms with Crippen molar-refractivity contribution in [3.05, 3.63) is 36.5 Å². The molecule has 0 radical (unpaired) electrons. The quantitative estimate of drug-likeness (QED) is 0.914. The third kappa shape index (κ3) is 2.43. The fourth-order valence-electron chi connectivity index (χ4n) is 3.06. The van der Waals surface area contributed by atoms with Crippen molar-refractivity contribution in [2.45, 2.75) is 25.8 Å². The Balaban J connectivity index is 2.00. The van der Waals surface area contributed by atoms with Crippen LogP contribution in [-0.4, -0.2) is 30.7 Å². The zero-order valence-electron chi connectivity index (χ0n) is 11.5. The number of hydrogen-bond acceptors (Lipinski definition) is 3. The van der Waals surface area contributed by atoms with Crippen molar-refractivity contribution in [1.82, 2.24) is 10.3 Å². The number of benzene rings is 1. The van der Waals surface area contributed by atoms with Crippen molar-refractivity contribution >= 4 is 16.6 Å². The normalized spacial score (nSPS) is 19.5. The molecule has 0 aliphatic carbocycles. The van der Waals surface area contributed by atoms with Crippen molar-refractivity contribution in [1.29, 1.82) is 0 Å². The summed E-state index contributed by atoms with van der Waals surface area (Å²) >= 11 is 0. The van der Waals surface area contributed by atoms with E-state index < -0.39 is 0 Å². The highest BCUT2D eigenvalue weighted by Crippen LogP contribution is 2.28. The van der Waals surface area contributed by atoms with Crippen LogP contribution in [0.2, 0.25) is 0 Å². The summed E-state index contributed by atoms with van der Waals surface area (Å²) in [6.45, 7) is 5.53. The first kappa shape index (κ1) is 12.4. The zero-order valence-corrected chi connectivity index (χ0v) is 11.5. The number of nitrogens with zero attached hydrogens (tertiary/aromatic N) is 2. The Bertz CT molecular complexity index is 541. The van der Waals surface area contributed by atoms with Crippen LogP contribution in [0.3, 0.4) is 0 Å². The molecular formula is C16H21N3. The van der Waals surface area contributed by atoms with Gasteiger partial charge in [-0.3, -0.25) is 4.98 Å². The Hall–Kier alpha value is -1.61. The second kappa shape index (κ2) is 5.57. The van der Waals surface area contributed by atoms with Gasteiger partial charge in [0.25, 0.3) is 0 Å². The molecule has 2 aromatic rings. The van der Waals surface area contributed by atoms with Crippen molar-refractivity contribution < 1.29 is 0 Å². The van der Waals surface area contributed by atoms with Crippen LogP contribution in [0, 0.1) is 0 Å². The second-order valence-electron chi connectivity index (χ2n) is 5.13. The number of para-hydroxylation sites is 1. The second-order valence-corrected chi connectivity index (χ2v) is 5.13. The van der Waals surface area contributed by atoms with Crippen molar-refractivity contribution in [2.75, 3.05) is 24.5 Å². The average molecular weight is 255 g/mol. The van der Waals surface area contributed by atoms with Crippen molar-refractivity contribution in [3.63, 3.8) is 0 Å². The number of aromatic nitrogens is 1. The van der Waals surface area contributed by atoms with Crippen LogP contribution in [0.15, 0.2) is 36.5 Å². The lowest BCUT2D eigenvalue weighted by Crippen LogP contribution is -2.46. The Morgan fingerprint density at radius 2 is 2.21 bits per heavy atom. The molecule has 3 nitrogen and oxygen atoms in total. The molecule has 100 valence electrons. The largest absolute Gasteiger partial charge is 0.367 e. The molecule has 3 rings (SSSR count). The molecule has 1 unspecified atom stereocenters. The van der Waals surface area contributed by atoms with E-state index in [0.29, 0.717) is 6.04 Å². The van der Waals surface area contributed by atoms with Gasteiger partial charge < -0.3 is 10.2 Å². The molecule has 1 aliphatic rings. The van der Waals surface area contributed by atoms with E-state index in [1.807, 2.05) is 6.20 Å². The van der Waals surface area contributed by atoms with Crippen molar-refractivity contribution in [3.8, 4) is 0 Å². The molecule has 1 aromatic heterocycles. The third-order valence-electron chi connectivity index (χ3n) is 3.99. The van der Waals surface area contributed by atoms with Gasteiger partial charge in [-0.2, -0.15) is 0 Å². The highest BCUT2D eigenvalue weighted by Gasteiger charge is 2.21. The summed E-state index contributed by atoms with van der Waals surface area (Å²) in [7, 11) is 0. The first-order chi connectivity index (χ1) is 9.40. The number of pyridine rings is 1. The van der Waals surface area contributed by atoms with Crippen LogP contribution in [0.5, 0.6) is 0 Å². The van der Waals surface area contributed by atoms with Gasteiger partial charge in [-0.05, 0) is 38.4 Å². The molecule has 19 heavy (non-hydrogen) atoms. The Kier molecular flexibility index (Phi) is 3.65. The molecule has 1 N–H and O–H groups in total. The number of fused-ring (bicyclic) bond motifs is 1. The molecule has 1 fully saturated rings. The molecule has 1 atom stereocenters. The molecule has 0 saturated carbocycles. The molecule has 1 aromatic carbocycles. The van der Waals surface area contributed by atoms with Gasteiger partial charge in [-0.25, -0.2) is 0 Å². The minimum Gasteiger partial charge on any atom is -0.367 e. The van der Waals surface area contributed by atoms with E-state index in [2.05, 4.69) is 52.5 Å². The van der Waals surface area contributed by atoms with Gasteiger partial charge in [0.2, 0.25) is 0 Å². The fourth-order valence-corrected chi connectivity index (χ4v) is 3.06. The maximum Gasteiger partial charge on any atom is 0.0722 e. The van der Waals surface area contributed by atoms with Gasteiger partial charge in [-0.1, -0.05) is 18.2 Å². The van der Waals surface area contributed by atoms with Gasteiger partial charge in [0, 0.05) is 36.4 Å². The van der Waals surface area contributed by atoms with E-state index in [0.717, 1.165) is 25.2 Å². The van der Waals surface area contributed by atoms with E-state index in [4.69, 9.17) is 0 Å². The summed E-state index contributed by atoms with van der Waals surface area (Å²) in [6, 6.07) is 11.2. The maximum atomic E-state index is 4.46. The lowest BCUT2D eigenvalue weighted by molar-refractivity contribution is 0.436. The van der Waals surface area contributed by atoms with Crippen LogP contribution in [0.1, 0.15) is 19.8 Å². The minimum absolute atomic E-state index is 0.601. The van der Waals surface area contributed by atoms with E-state index in [1.54, 1.807) is 0 Å². The van der Waals surface area contributed by atoms with Crippen LogP contribution in [0.4, 0.5) is 5.69 Å². The van der Waals surface area contributed by atoms with Gasteiger partial charge in [0.1, 0.15) is 0 Å². The van der Waals surface area contributed by atoms with Crippen LogP contribution in [-0.2, 0) is 0 Å². The number of likely N-dealkylation sites (N-methyl/N-ethyl adjacent to an activating group) is 1. The topological polar surface area (TPSA) is 28.2 Å². The summed E-state index contributed by atoms with van der Waals surface area (Å²) in [5.74, 6) is 0. The molecule has 3 heteroatoms. The van der Waals surface area contributed by atoms with Gasteiger partial charge >= 0.3 is 0 Å². The van der Waals surface area contributed by atoms with E-state index in [1.165, 1.54) is 23.9 Å². The molecule has 2 heterocycles. The highest BCUT2D eigenvalue weighted by atomic mass is 15.2. The minimum atomic E-state index is 0.601. The summed E-state index contributed by atoms with van der Waals surface area (Å²) in [5, 5.41) is 4.77. The summed E-state index contributed by atoms with van der Waals surface area (Å²) in [4.78, 5) is 6.99. The summed E-state index contributed by atoms with van der Waals surface area (Å²) < 4.78 is 0. The highest BCUT2D eigenvalue weighted by molar-refractivity contribution is 5.91. The van der Waals surface area contributed by atoms with E-state index in [9.17, 15) is 0 Å². The monoisotopic (exact) mass is 255 g/mol. The SMILES string of the molecule is CCN(c1ccnc2ccccc12)C1CCCNC1. The predicted molar refractivity (Wildman–Crippen MR) is 80.7 cm³/mol. The standard InChI is InChI=1S/C16H21N3/c1-2-19(13-6-5-10-17-12-13)16-9-11-18-15-8-4-3-7-14(15)16/h3-4,7-9,11,13,17H,2,5-6,10,12H2,1H3. The fraction of sp³-hybridized carbons (Fsp3) is 0.438.